The molecule has 0 radical (unpaired) electrons. The third-order valence-electron chi connectivity index (χ3n) is 5.00. The molecule has 0 aromatic carbocycles. The lowest BCUT2D eigenvalue weighted by Gasteiger charge is -2.39. The number of hydrogen-bond acceptors (Lipinski definition) is 2. The van der Waals surface area contributed by atoms with E-state index in [-0.39, 0.29) is 0 Å². The Hall–Kier alpha value is -0.0800. The van der Waals surface area contributed by atoms with Crippen LogP contribution in [0.5, 0.6) is 0 Å². The van der Waals surface area contributed by atoms with Crippen LogP contribution in [-0.2, 0) is 0 Å². The molecule has 3 fully saturated rings. The fraction of sp³-hybridized carbons (Fsp3) is 1.00. The van der Waals surface area contributed by atoms with Crippen LogP contribution in [0, 0.1) is 5.92 Å². The topological polar surface area (TPSA) is 15.3 Å². The molecule has 0 bridgehead atoms. The molecule has 2 heteroatoms. The summed E-state index contributed by atoms with van der Waals surface area (Å²) in [4.78, 5) is 2.82. The fourth-order valence-corrected chi connectivity index (χ4v) is 4.08. The maximum absolute atomic E-state index is 3.71. The Morgan fingerprint density at radius 1 is 0.875 bits per heavy atom. The Morgan fingerprint density at radius 3 is 2.50 bits per heavy atom. The highest BCUT2D eigenvalue weighted by atomic mass is 15.2. The minimum Gasteiger partial charge on any atom is -0.314 e. The van der Waals surface area contributed by atoms with Gasteiger partial charge in [-0.2, -0.15) is 0 Å². The van der Waals surface area contributed by atoms with Gasteiger partial charge in [-0.15, -0.1) is 0 Å². The predicted molar refractivity (Wildman–Crippen MR) is 67.6 cm³/mol. The maximum atomic E-state index is 3.71. The van der Waals surface area contributed by atoms with E-state index in [4.69, 9.17) is 0 Å². The molecule has 2 unspecified atom stereocenters. The van der Waals surface area contributed by atoms with Crippen molar-refractivity contribution in [3.8, 4) is 0 Å². The summed E-state index contributed by atoms with van der Waals surface area (Å²) >= 11 is 0. The number of likely N-dealkylation sites (tertiary alicyclic amines) is 1. The molecular weight excluding hydrogens is 196 g/mol. The lowest BCUT2D eigenvalue weighted by molar-refractivity contribution is 0.109. The van der Waals surface area contributed by atoms with Crippen molar-refractivity contribution in [2.45, 2.75) is 63.5 Å². The summed E-state index contributed by atoms with van der Waals surface area (Å²) in [6.07, 6.45) is 11.7. The Kier molecular flexibility index (Phi) is 3.49. The van der Waals surface area contributed by atoms with Gasteiger partial charge < -0.3 is 10.2 Å². The molecule has 2 atom stereocenters. The van der Waals surface area contributed by atoms with E-state index in [0.29, 0.717) is 0 Å². The summed E-state index contributed by atoms with van der Waals surface area (Å²) in [5.74, 6) is 0.955. The molecule has 0 aromatic rings. The first-order valence-electron chi connectivity index (χ1n) is 7.41. The SMILES string of the molecule is C1CNC(C2CCCN(C3CCCC3)C2)C1. The van der Waals surface area contributed by atoms with Crippen molar-refractivity contribution in [1.82, 2.24) is 10.2 Å². The zero-order valence-electron chi connectivity index (χ0n) is 10.5. The van der Waals surface area contributed by atoms with E-state index in [0.717, 1.165) is 18.0 Å². The quantitative estimate of drug-likeness (QED) is 0.772. The monoisotopic (exact) mass is 222 g/mol. The average molecular weight is 222 g/mol. The van der Waals surface area contributed by atoms with E-state index in [1.807, 2.05) is 0 Å². The van der Waals surface area contributed by atoms with Crippen LogP contribution in [0.2, 0.25) is 0 Å². The van der Waals surface area contributed by atoms with Crippen LogP contribution in [0.3, 0.4) is 0 Å². The second kappa shape index (κ2) is 5.05. The average Bonchev–Trinajstić information content (AvgIpc) is 3.03. The van der Waals surface area contributed by atoms with Gasteiger partial charge in [0.2, 0.25) is 0 Å². The van der Waals surface area contributed by atoms with Gasteiger partial charge in [-0.05, 0) is 57.5 Å². The Bertz CT molecular complexity index is 195. The van der Waals surface area contributed by atoms with Crippen molar-refractivity contribution in [1.29, 1.82) is 0 Å². The number of rotatable bonds is 2. The first kappa shape index (κ1) is 11.0. The zero-order chi connectivity index (χ0) is 10.8. The van der Waals surface area contributed by atoms with Gasteiger partial charge in [0.15, 0.2) is 0 Å². The van der Waals surface area contributed by atoms with Gasteiger partial charge in [0, 0.05) is 18.6 Å². The van der Waals surface area contributed by atoms with Gasteiger partial charge in [-0.3, -0.25) is 0 Å². The molecule has 0 spiro atoms. The second-order valence-electron chi connectivity index (χ2n) is 6.04. The molecular formula is C14H26N2. The highest BCUT2D eigenvalue weighted by Gasteiger charge is 2.32. The smallest absolute Gasteiger partial charge is 0.0108 e. The molecule has 2 saturated heterocycles. The van der Waals surface area contributed by atoms with Crippen LogP contribution in [0.1, 0.15) is 51.4 Å². The normalized spacial score (nSPS) is 38.2. The third-order valence-corrected chi connectivity index (χ3v) is 5.00. The van der Waals surface area contributed by atoms with Gasteiger partial charge in [-0.1, -0.05) is 12.8 Å². The van der Waals surface area contributed by atoms with E-state index in [1.54, 1.807) is 0 Å². The molecule has 1 aliphatic carbocycles. The Labute approximate surface area is 99.8 Å². The van der Waals surface area contributed by atoms with Gasteiger partial charge in [0.1, 0.15) is 0 Å². The highest BCUT2D eigenvalue weighted by Crippen LogP contribution is 2.30. The van der Waals surface area contributed by atoms with Crippen molar-refractivity contribution in [2.75, 3.05) is 19.6 Å². The van der Waals surface area contributed by atoms with Crippen LogP contribution >= 0.6 is 0 Å². The molecule has 1 N–H and O–H groups in total. The summed E-state index contributed by atoms with van der Waals surface area (Å²) in [6.45, 7) is 4.04. The van der Waals surface area contributed by atoms with Crippen molar-refractivity contribution < 1.29 is 0 Å². The molecule has 1 saturated carbocycles. The van der Waals surface area contributed by atoms with Crippen molar-refractivity contribution in [3.63, 3.8) is 0 Å². The number of hydrogen-bond donors (Lipinski definition) is 1. The van der Waals surface area contributed by atoms with Gasteiger partial charge in [0.05, 0.1) is 0 Å². The molecule has 2 nitrogen and oxygen atoms in total. The first-order valence-corrected chi connectivity index (χ1v) is 7.41. The second-order valence-corrected chi connectivity index (χ2v) is 6.04. The number of nitrogens with one attached hydrogen (secondary N) is 1. The summed E-state index contributed by atoms with van der Waals surface area (Å²) in [7, 11) is 0. The van der Waals surface area contributed by atoms with E-state index in [9.17, 15) is 0 Å². The van der Waals surface area contributed by atoms with Crippen LogP contribution in [-0.4, -0.2) is 36.6 Å². The van der Waals surface area contributed by atoms with Crippen LogP contribution in [0.25, 0.3) is 0 Å². The molecule has 0 amide bonds. The van der Waals surface area contributed by atoms with Gasteiger partial charge in [-0.25, -0.2) is 0 Å². The van der Waals surface area contributed by atoms with E-state index in [2.05, 4.69) is 10.2 Å². The van der Waals surface area contributed by atoms with Crippen molar-refractivity contribution in [3.05, 3.63) is 0 Å². The molecule has 2 aliphatic heterocycles. The summed E-state index contributed by atoms with van der Waals surface area (Å²) in [5, 5.41) is 3.71. The maximum Gasteiger partial charge on any atom is 0.0108 e. The van der Waals surface area contributed by atoms with Crippen LogP contribution < -0.4 is 5.32 Å². The zero-order valence-corrected chi connectivity index (χ0v) is 10.5. The standard InChI is InChI=1S/C14H26N2/c1-2-7-13(6-1)16-10-4-5-12(11-16)14-8-3-9-15-14/h12-15H,1-11H2. The summed E-state index contributed by atoms with van der Waals surface area (Å²) in [6, 6.07) is 1.80. The predicted octanol–water partition coefficient (Wildman–Crippen LogP) is 2.39. The van der Waals surface area contributed by atoms with Gasteiger partial charge >= 0.3 is 0 Å². The van der Waals surface area contributed by atoms with Crippen molar-refractivity contribution in [2.24, 2.45) is 5.92 Å². The lowest BCUT2D eigenvalue weighted by Crippen LogP contribution is -2.46. The number of piperidine rings is 1. The minimum absolute atomic E-state index is 0.851. The minimum atomic E-state index is 0.851. The van der Waals surface area contributed by atoms with Crippen LogP contribution in [0.15, 0.2) is 0 Å². The highest BCUT2D eigenvalue weighted by molar-refractivity contribution is 4.89. The molecule has 92 valence electrons. The Balaban J connectivity index is 1.56. The van der Waals surface area contributed by atoms with Crippen LogP contribution in [0.4, 0.5) is 0 Å². The largest absolute Gasteiger partial charge is 0.314 e. The lowest BCUT2D eigenvalue weighted by atomic mass is 9.89. The molecule has 3 aliphatic rings. The Morgan fingerprint density at radius 2 is 1.75 bits per heavy atom. The fourth-order valence-electron chi connectivity index (χ4n) is 4.08. The molecule has 3 rings (SSSR count). The van der Waals surface area contributed by atoms with E-state index >= 15 is 0 Å². The molecule has 2 heterocycles. The van der Waals surface area contributed by atoms with Crippen molar-refractivity contribution >= 4 is 0 Å². The van der Waals surface area contributed by atoms with E-state index in [1.165, 1.54) is 71.0 Å². The number of nitrogens with zero attached hydrogens (tertiary/aromatic N) is 1. The first-order chi connectivity index (χ1) is 7.93. The summed E-state index contributed by atoms with van der Waals surface area (Å²) in [5.41, 5.74) is 0. The molecule has 16 heavy (non-hydrogen) atoms. The summed E-state index contributed by atoms with van der Waals surface area (Å²) < 4.78 is 0. The third kappa shape index (κ3) is 2.28. The van der Waals surface area contributed by atoms with Gasteiger partial charge in [0.25, 0.3) is 0 Å². The molecule has 0 aromatic heterocycles. The van der Waals surface area contributed by atoms with E-state index < -0.39 is 0 Å².